The van der Waals surface area contributed by atoms with Crippen molar-refractivity contribution in [2.45, 2.75) is 97.2 Å². The lowest BCUT2D eigenvalue weighted by Crippen LogP contribution is -2.44. The van der Waals surface area contributed by atoms with Crippen molar-refractivity contribution in [2.24, 2.45) is 0 Å². The summed E-state index contributed by atoms with van der Waals surface area (Å²) in [5.41, 5.74) is 2.71. The lowest BCUT2D eigenvalue weighted by Gasteiger charge is -2.30. The minimum Gasteiger partial charge on any atom is -0.465 e. The Morgan fingerprint density at radius 2 is 1.80 bits per heavy atom. The number of methoxy groups -OCH3 is 1. The predicted octanol–water partition coefficient (Wildman–Crippen LogP) is 7.71. The molecule has 3 rings (SSSR count). The van der Waals surface area contributed by atoms with Crippen LogP contribution < -0.4 is 16.0 Å². The molecule has 0 aromatic heterocycles. The molecule has 0 bridgehead atoms. The number of hydrogen-bond acceptors (Lipinski definition) is 7. The van der Waals surface area contributed by atoms with Gasteiger partial charge in [0, 0.05) is 44.7 Å². The molecule has 0 saturated carbocycles. The number of carbonyl (C=O) groups excluding carboxylic acids is 4. The van der Waals surface area contributed by atoms with E-state index in [9.17, 15) is 32.3 Å². The number of nitrogens with one attached hydrogen (secondary N) is 3. The van der Waals surface area contributed by atoms with Gasteiger partial charge in [-0.05, 0) is 74.8 Å². The van der Waals surface area contributed by atoms with E-state index in [1.807, 2.05) is 26.0 Å². The van der Waals surface area contributed by atoms with E-state index in [2.05, 4.69) is 16.0 Å². The molecule has 0 saturated heterocycles. The van der Waals surface area contributed by atoms with E-state index in [1.54, 1.807) is 20.2 Å². The van der Waals surface area contributed by atoms with E-state index in [0.717, 1.165) is 24.6 Å². The lowest BCUT2D eigenvalue weighted by atomic mass is 9.90. The SMILES string of the molecule is CCC/C=C/N(C(=O)/C=C(\C)C1=C(N(C)/C=C(\NC)C(F)(F)F)CCC(CC)=C1)C1CCCCCC(=O)Nc2cc(C(=O)OC)ccc2NC1=O. The molecule has 2 aliphatic rings. The Bertz CT molecular complexity index is 1610. The molecule has 13 heteroatoms. The second kappa shape index (κ2) is 19.0. The highest BCUT2D eigenvalue weighted by molar-refractivity contribution is 6.05. The largest absolute Gasteiger partial charge is 0.465 e. The third-order valence-electron chi connectivity index (χ3n) is 8.85. The number of amides is 3. The number of alkyl halides is 3. The molecule has 1 aliphatic carbocycles. The molecule has 1 heterocycles. The van der Waals surface area contributed by atoms with Crippen LogP contribution in [-0.2, 0) is 19.1 Å². The average molecular weight is 714 g/mol. The van der Waals surface area contributed by atoms with Crippen molar-refractivity contribution >= 4 is 35.1 Å². The van der Waals surface area contributed by atoms with Gasteiger partial charge in [-0.3, -0.25) is 14.4 Å². The molecule has 0 fully saturated rings. The molecule has 1 atom stereocenters. The lowest BCUT2D eigenvalue weighted by molar-refractivity contribution is -0.132. The first kappa shape index (κ1) is 40.6. The summed E-state index contributed by atoms with van der Waals surface area (Å²) in [6.07, 6.45) is 8.93. The van der Waals surface area contributed by atoms with E-state index in [-0.39, 0.29) is 29.3 Å². The van der Waals surface area contributed by atoms with E-state index in [4.69, 9.17) is 4.74 Å². The number of unbranched alkanes of at least 4 members (excludes halogenated alkanes) is 1. The summed E-state index contributed by atoms with van der Waals surface area (Å²) in [5.74, 6) is -1.82. The highest BCUT2D eigenvalue weighted by Crippen LogP contribution is 2.34. The second-order valence-corrected chi connectivity index (χ2v) is 12.6. The van der Waals surface area contributed by atoms with Crippen LogP contribution in [0.25, 0.3) is 0 Å². The second-order valence-electron chi connectivity index (χ2n) is 12.6. The van der Waals surface area contributed by atoms with Gasteiger partial charge in [0.15, 0.2) is 0 Å². The van der Waals surface area contributed by atoms with Gasteiger partial charge in [-0.15, -0.1) is 0 Å². The summed E-state index contributed by atoms with van der Waals surface area (Å²) >= 11 is 0. The number of allylic oxidation sites excluding steroid dienone is 7. The minimum atomic E-state index is -4.57. The van der Waals surface area contributed by atoms with Crippen molar-refractivity contribution in [3.63, 3.8) is 0 Å². The van der Waals surface area contributed by atoms with Crippen molar-refractivity contribution in [3.8, 4) is 0 Å². The summed E-state index contributed by atoms with van der Waals surface area (Å²) in [5, 5.41) is 7.87. The van der Waals surface area contributed by atoms with Crippen LogP contribution in [-0.4, -0.2) is 66.9 Å². The standard InChI is InChI=1S/C38H50F3N5O5/c1-7-9-13-20-46(32-14-11-10-12-15-34(47)43-30-23-27(37(50)51-6)17-18-29(30)44-36(32)49)35(48)21-25(3)28-22-26(8-2)16-19-31(28)45(5)24-33(42-4)38(39,40)41/h13,17-18,20-24,32,42H,7-12,14-16,19H2,1-6H3,(H,43,47)(H,44,49)/b20-13+,25-21+,33-24-. The van der Waals surface area contributed by atoms with Gasteiger partial charge in [-0.2, -0.15) is 13.2 Å². The molecule has 1 aromatic rings. The van der Waals surface area contributed by atoms with Crippen LogP contribution in [0.5, 0.6) is 0 Å². The third kappa shape index (κ3) is 11.3. The normalized spacial score (nSPS) is 18.1. The Labute approximate surface area is 298 Å². The summed E-state index contributed by atoms with van der Waals surface area (Å²) < 4.78 is 45.6. The van der Waals surface area contributed by atoms with Crippen LogP contribution >= 0.6 is 0 Å². The Balaban J connectivity index is 2.09. The molecular weight excluding hydrogens is 663 g/mol. The van der Waals surface area contributed by atoms with Crippen LogP contribution in [0.15, 0.2) is 76.9 Å². The van der Waals surface area contributed by atoms with Crippen molar-refractivity contribution < 1.29 is 37.1 Å². The minimum absolute atomic E-state index is 0.188. The predicted molar refractivity (Wildman–Crippen MR) is 192 cm³/mol. The smallest absolute Gasteiger partial charge is 0.432 e. The number of ether oxygens (including phenoxy) is 1. The van der Waals surface area contributed by atoms with Crippen LogP contribution in [0.1, 0.15) is 95.3 Å². The zero-order chi connectivity index (χ0) is 37.7. The van der Waals surface area contributed by atoms with Gasteiger partial charge in [0.2, 0.25) is 11.8 Å². The molecule has 1 aromatic carbocycles. The molecule has 51 heavy (non-hydrogen) atoms. The number of esters is 1. The first-order chi connectivity index (χ1) is 24.2. The molecule has 0 spiro atoms. The summed E-state index contributed by atoms with van der Waals surface area (Å²) in [6, 6.07) is 3.48. The quantitative estimate of drug-likeness (QED) is 0.159. The van der Waals surface area contributed by atoms with Gasteiger partial charge < -0.3 is 30.5 Å². The highest BCUT2D eigenvalue weighted by Gasteiger charge is 2.34. The van der Waals surface area contributed by atoms with Crippen molar-refractivity contribution in [1.82, 2.24) is 15.1 Å². The van der Waals surface area contributed by atoms with E-state index < -0.39 is 35.7 Å². The maximum Gasteiger partial charge on any atom is 0.432 e. The maximum absolute atomic E-state index is 14.2. The summed E-state index contributed by atoms with van der Waals surface area (Å²) in [4.78, 5) is 56.0. The number of nitrogens with zero attached hydrogens (tertiary/aromatic N) is 2. The zero-order valence-corrected chi connectivity index (χ0v) is 30.3. The third-order valence-corrected chi connectivity index (χ3v) is 8.85. The molecule has 1 aliphatic heterocycles. The number of rotatable bonds is 11. The molecule has 0 radical (unpaired) electrons. The molecule has 3 amide bonds. The number of anilines is 2. The fraction of sp³-hybridized carbons (Fsp3) is 0.474. The van der Waals surface area contributed by atoms with Crippen molar-refractivity contribution in [3.05, 3.63) is 82.5 Å². The van der Waals surface area contributed by atoms with Gasteiger partial charge in [0.25, 0.3) is 5.91 Å². The molecule has 278 valence electrons. The van der Waals surface area contributed by atoms with Crippen LogP contribution in [0.3, 0.4) is 0 Å². The van der Waals surface area contributed by atoms with Crippen LogP contribution in [0.2, 0.25) is 0 Å². The summed E-state index contributed by atoms with van der Waals surface area (Å²) in [6.45, 7) is 5.75. The Kier molecular flexibility index (Phi) is 15.1. The van der Waals surface area contributed by atoms with Gasteiger partial charge in [-0.1, -0.05) is 50.8 Å². The number of carbonyl (C=O) groups is 4. The maximum atomic E-state index is 14.2. The number of halogens is 3. The van der Waals surface area contributed by atoms with E-state index >= 15 is 0 Å². The molecule has 10 nitrogen and oxygen atoms in total. The van der Waals surface area contributed by atoms with Gasteiger partial charge in [-0.25, -0.2) is 4.79 Å². The monoisotopic (exact) mass is 713 g/mol. The zero-order valence-electron chi connectivity index (χ0n) is 30.3. The van der Waals surface area contributed by atoms with Gasteiger partial charge >= 0.3 is 12.1 Å². The van der Waals surface area contributed by atoms with Crippen molar-refractivity contribution in [2.75, 3.05) is 31.8 Å². The first-order valence-electron chi connectivity index (χ1n) is 17.4. The number of fused-ring (bicyclic) bond motifs is 1. The molecule has 1 unspecified atom stereocenters. The van der Waals surface area contributed by atoms with Crippen LogP contribution in [0, 0.1) is 0 Å². The van der Waals surface area contributed by atoms with E-state index in [1.165, 1.54) is 48.2 Å². The van der Waals surface area contributed by atoms with Crippen molar-refractivity contribution in [1.29, 1.82) is 0 Å². The van der Waals surface area contributed by atoms with Gasteiger partial charge in [0.1, 0.15) is 11.7 Å². The fourth-order valence-corrected chi connectivity index (χ4v) is 5.96. The molecular formula is C38H50F3N5O5. The molecule has 3 N–H and O–H groups in total. The number of benzene rings is 1. The average Bonchev–Trinajstić information content (AvgIpc) is 3.09. The fourth-order valence-electron chi connectivity index (χ4n) is 5.96. The number of hydrogen-bond donors (Lipinski definition) is 3. The Hall–Kier alpha value is -4.81. The Morgan fingerprint density at radius 3 is 2.45 bits per heavy atom. The highest BCUT2D eigenvalue weighted by atomic mass is 19.4. The van der Waals surface area contributed by atoms with E-state index in [0.29, 0.717) is 61.8 Å². The Morgan fingerprint density at radius 1 is 1.06 bits per heavy atom. The topological polar surface area (TPSA) is 120 Å². The first-order valence-corrected chi connectivity index (χ1v) is 17.4. The van der Waals surface area contributed by atoms with Gasteiger partial charge in [0.05, 0.1) is 24.0 Å². The summed E-state index contributed by atoms with van der Waals surface area (Å²) in [7, 11) is 4.02. The van der Waals surface area contributed by atoms with Crippen LogP contribution in [0.4, 0.5) is 24.5 Å².